The van der Waals surface area contributed by atoms with E-state index in [9.17, 15) is 10.2 Å². The standard InChI is InChI=1S/C11H25NO4/c1-4-11(2,14)9-12-7-10(13)8-16-6-5-15-3/h10,12-14H,4-9H2,1-3H3. The van der Waals surface area contributed by atoms with Crippen molar-refractivity contribution in [2.45, 2.75) is 32.0 Å². The molecule has 0 aliphatic rings. The van der Waals surface area contributed by atoms with Crippen LogP contribution in [0, 0.1) is 0 Å². The Labute approximate surface area is 97.8 Å². The maximum Gasteiger partial charge on any atom is 0.0897 e. The first-order valence-electron chi connectivity index (χ1n) is 5.69. The van der Waals surface area contributed by atoms with Crippen molar-refractivity contribution in [2.24, 2.45) is 0 Å². The van der Waals surface area contributed by atoms with Gasteiger partial charge >= 0.3 is 0 Å². The first-order valence-corrected chi connectivity index (χ1v) is 5.69. The third-order valence-electron chi connectivity index (χ3n) is 2.39. The lowest BCUT2D eigenvalue weighted by atomic mass is 10.0. The summed E-state index contributed by atoms with van der Waals surface area (Å²) in [5.41, 5.74) is -0.712. The largest absolute Gasteiger partial charge is 0.389 e. The topological polar surface area (TPSA) is 71.0 Å². The molecule has 0 aliphatic heterocycles. The smallest absolute Gasteiger partial charge is 0.0897 e. The highest BCUT2D eigenvalue weighted by Crippen LogP contribution is 2.05. The molecule has 0 rings (SSSR count). The van der Waals surface area contributed by atoms with Crippen molar-refractivity contribution >= 4 is 0 Å². The van der Waals surface area contributed by atoms with Gasteiger partial charge in [0.05, 0.1) is 31.5 Å². The molecule has 3 N–H and O–H groups in total. The SMILES string of the molecule is CCC(C)(O)CNCC(O)COCCOC. The maximum absolute atomic E-state index is 9.69. The second kappa shape index (κ2) is 8.90. The number of aliphatic hydroxyl groups excluding tert-OH is 1. The number of rotatable bonds is 10. The van der Waals surface area contributed by atoms with E-state index in [0.29, 0.717) is 32.7 Å². The minimum absolute atomic E-state index is 0.282. The van der Waals surface area contributed by atoms with E-state index in [-0.39, 0.29) is 6.61 Å². The van der Waals surface area contributed by atoms with Crippen LogP contribution < -0.4 is 5.32 Å². The van der Waals surface area contributed by atoms with E-state index < -0.39 is 11.7 Å². The quantitative estimate of drug-likeness (QED) is 0.456. The van der Waals surface area contributed by atoms with Gasteiger partial charge in [-0.2, -0.15) is 0 Å². The van der Waals surface area contributed by atoms with E-state index in [1.165, 1.54) is 0 Å². The van der Waals surface area contributed by atoms with Crippen LogP contribution in [0.1, 0.15) is 20.3 Å². The average Bonchev–Trinajstić information content (AvgIpc) is 2.24. The Balaban J connectivity index is 3.40. The molecule has 0 aliphatic carbocycles. The summed E-state index contributed by atoms with van der Waals surface area (Å²) < 4.78 is 9.98. The van der Waals surface area contributed by atoms with Gasteiger partial charge in [0.15, 0.2) is 0 Å². The second-order valence-electron chi connectivity index (χ2n) is 4.20. The molecule has 5 nitrogen and oxygen atoms in total. The van der Waals surface area contributed by atoms with Crippen LogP contribution in [0.2, 0.25) is 0 Å². The fourth-order valence-electron chi connectivity index (χ4n) is 1.05. The van der Waals surface area contributed by atoms with Gasteiger partial charge < -0.3 is 25.0 Å². The summed E-state index contributed by atoms with van der Waals surface area (Å²) in [5, 5.41) is 22.2. The highest BCUT2D eigenvalue weighted by atomic mass is 16.5. The molecular weight excluding hydrogens is 210 g/mol. The number of methoxy groups -OCH3 is 1. The highest BCUT2D eigenvalue weighted by Gasteiger charge is 2.17. The lowest BCUT2D eigenvalue weighted by Crippen LogP contribution is -2.41. The summed E-state index contributed by atoms with van der Waals surface area (Å²) in [4.78, 5) is 0. The third-order valence-corrected chi connectivity index (χ3v) is 2.39. The lowest BCUT2D eigenvalue weighted by molar-refractivity contribution is 0.00883. The van der Waals surface area contributed by atoms with Gasteiger partial charge in [0.2, 0.25) is 0 Å². The zero-order chi connectivity index (χ0) is 12.4. The number of hydrogen-bond acceptors (Lipinski definition) is 5. The van der Waals surface area contributed by atoms with Crippen LogP contribution in [0.25, 0.3) is 0 Å². The van der Waals surface area contributed by atoms with E-state index in [1.54, 1.807) is 14.0 Å². The summed E-state index contributed by atoms with van der Waals surface area (Å²) in [6, 6.07) is 0. The van der Waals surface area contributed by atoms with E-state index in [1.807, 2.05) is 6.92 Å². The van der Waals surface area contributed by atoms with Crippen LogP contribution >= 0.6 is 0 Å². The molecular formula is C11H25NO4. The van der Waals surface area contributed by atoms with Gasteiger partial charge in [0, 0.05) is 20.2 Å². The Morgan fingerprint density at radius 1 is 1.38 bits per heavy atom. The van der Waals surface area contributed by atoms with Gasteiger partial charge in [-0.15, -0.1) is 0 Å². The van der Waals surface area contributed by atoms with Gasteiger partial charge in [-0.25, -0.2) is 0 Å². The van der Waals surface area contributed by atoms with E-state index in [2.05, 4.69) is 5.32 Å². The third kappa shape index (κ3) is 9.06. The maximum atomic E-state index is 9.69. The normalized spacial score (nSPS) is 17.1. The molecule has 0 fully saturated rings. The van der Waals surface area contributed by atoms with Crippen LogP contribution in [-0.4, -0.2) is 61.9 Å². The molecule has 0 aromatic rings. The van der Waals surface area contributed by atoms with Crippen molar-refractivity contribution in [3.05, 3.63) is 0 Å². The second-order valence-corrected chi connectivity index (χ2v) is 4.20. The van der Waals surface area contributed by atoms with Gasteiger partial charge in [-0.1, -0.05) is 6.92 Å². The van der Waals surface area contributed by atoms with E-state index in [0.717, 1.165) is 0 Å². The molecule has 0 amide bonds. The van der Waals surface area contributed by atoms with Crippen molar-refractivity contribution < 1.29 is 19.7 Å². The molecule has 0 aromatic carbocycles. The first kappa shape index (κ1) is 15.8. The molecule has 0 spiro atoms. The molecule has 0 heterocycles. The van der Waals surface area contributed by atoms with Gasteiger partial charge in [0.25, 0.3) is 0 Å². The van der Waals surface area contributed by atoms with Crippen molar-refractivity contribution in [3.8, 4) is 0 Å². The molecule has 2 unspecified atom stereocenters. The van der Waals surface area contributed by atoms with E-state index >= 15 is 0 Å². The van der Waals surface area contributed by atoms with Crippen molar-refractivity contribution in [2.75, 3.05) is 40.0 Å². The predicted octanol–water partition coefficient (Wildman–Crippen LogP) is -0.239. The lowest BCUT2D eigenvalue weighted by Gasteiger charge is -2.22. The van der Waals surface area contributed by atoms with Crippen molar-refractivity contribution in [1.29, 1.82) is 0 Å². The Bertz CT molecular complexity index is 164. The zero-order valence-corrected chi connectivity index (χ0v) is 10.5. The van der Waals surface area contributed by atoms with Gasteiger partial charge in [-0.05, 0) is 13.3 Å². The molecule has 0 saturated heterocycles. The van der Waals surface area contributed by atoms with E-state index in [4.69, 9.17) is 9.47 Å². The first-order chi connectivity index (χ1) is 7.52. The summed E-state index contributed by atoms with van der Waals surface area (Å²) in [6.07, 6.45) is 0.130. The molecule has 16 heavy (non-hydrogen) atoms. The molecule has 0 saturated carbocycles. The molecule has 0 bridgehead atoms. The minimum Gasteiger partial charge on any atom is -0.389 e. The summed E-state index contributed by atoms with van der Waals surface area (Å²) in [5.74, 6) is 0. The van der Waals surface area contributed by atoms with Crippen molar-refractivity contribution in [1.82, 2.24) is 5.32 Å². The number of hydrogen-bond donors (Lipinski definition) is 3. The van der Waals surface area contributed by atoms with Crippen LogP contribution in [0.5, 0.6) is 0 Å². The van der Waals surface area contributed by atoms with Crippen LogP contribution in [-0.2, 0) is 9.47 Å². The van der Waals surface area contributed by atoms with Gasteiger partial charge in [-0.3, -0.25) is 0 Å². The summed E-state index contributed by atoms with van der Waals surface area (Å²) in [6.45, 7) is 5.88. The molecule has 5 heteroatoms. The predicted molar refractivity (Wildman–Crippen MR) is 62.5 cm³/mol. The van der Waals surface area contributed by atoms with Gasteiger partial charge in [0.1, 0.15) is 0 Å². The number of nitrogens with one attached hydrogen (secondary N) is 1. The van der Waals surface area contributed by atoms with Crippen LogP contribution in [0.15, 0.2) is 0 Å². The molecule has 0 radical (unpaired) electrons. The Morgan fingerprint density at radius 3 is 2.62 bits per heavy atom. The molecule has 0 aromatic heterocycles. The van der Waals surface area contributed by atoms with Crippen LogP contribution in [0.3, 0.4) is 0 Å². The average molecular weight is 235 g/mol. The van der Waals surface area contributed by atoms with Crippen molar-refractivity contribution in [3.63, 3.8) is 0 Å². The van der Waals surface area contributed by atoms with Crippen LogP contribution in [0.4, 0.5) is 0 Å². The number of ether oxygens (including phenoxy) is 2. The fourth-order valence-corrected chi connectivity index (χ4v) is 1.05. The summed E-state index contributed by atoms with van der Waals surface area (Å²) >= 11 is 0. The minimum atomic E-state index is -0.712. The molecule has 2 atom stereocenters. The highest BCUT2D eigenvalue weighted by molar-refractivity contribution is 4.74. The fraction of sp³-hybridized carbons (Fsp3) is 1.00. The number of aliphatic hydroxyl groups is 2. The Kier molecular flexibility index (Phi) is 8.78. The summed E-state index contributed by atoms with van der Waals surface area (Å²) in [7, 11) is 1.61. The Morgan fingerprint density at radius 2 is 2.06 bits per heavy atom. The Hall–Kier alpha value is -0.200. The zero-order valence-electron chi connectivity index (χ0n) is 10.5. The monoisotopic (exact) mass is 235 g/mol. The molecule has 98 valence electrons.